The topological polar surface area (TPSA) is 130 Å². The van der Waals surface area contributed by atoms with Crippen molar-refractivity contribution in [1.29, 1.82) is 0 Å². The van der Waals surface area contributed by atoms with Gasteiger partial charge in [0.2, 0.25) is 5.91 Å². The standard InChI is InChI=1S/C26H39N3O7/c1-5-19(28-26(33)36-22-13-35-25-17(22)6-7-34-25)21(31)11-29(10-14(2)3)23-18-9-16(12-30)15(4)8-20(18)27-24(23)32/h8-9,14,17,19,21-23,25,30-31H,5-7,10-13H2,1-4H3,(H,27,32)(H,28,33)/t17?,19?,21-,22?,23?,25-/m1/s1. The summed E-state index contributed by atoms with van der Waals surface area (Å²) in [6.45, 7) is 9.42. The second-order valence-electron chi connectivity index (χ2n) is 10.5. The van der Waals surface area contributed by atoms with Crippen molar-refractivity contribution in [2.75, 3.05) is 31.6 Å². The molecular weight excluding hydrogens is 466 g/mol. The van der Waals surface area contributed by atoms with Crippen LogP contribution < -0.4 is 10.6 Å². The van der Waals surface area contributed by atoms with Gasteiger partial charge in [-0.2, -0.15) is 0 Å². The van der Waals surface area contributed by atoms with Crippen molar-refractivity contribution in [3.8, 4) is 0 Å². The monoisotopic (exact) mass is 505 g/mol. The molecule has 0 aliphatic carbocycles. The fourth-order valence-corrected chi connectivity index (χ4v) is 5.44. The smallest absolute Gasteiger partial charge is 0.407 e. The number of rotatable bonds is 10. The maximum Gasteiger partial charge on any atom is 0.407 e. The van der Waals surface area contributed by atoms with E-state index in [1.54, 1.807) is 0 Å². The molecular formula is C26H39N3O7. The molecule has 1 aromatic rings. The summed E-state index contributed by atoms with van der Waals surface area (Å²) in [5.74, 6) is 0.108. The van der Waals surface area contributed by atoms with E-state index in [4.69, 9.17) is 14.2 Å². The summed E-state index contributed by atoms with van der Waals surface area (Å²) in [5.41, 5.74) is 3.19. The number of carbonyl (C=O) groups is 2. The number of nitrogens with zero attached hydrogens (tertiary/aromatic N) is 1. The number of aryl methyl sites for hydroxylation is 1. The third kappa shape index (κ3) is 5.68. The summed E-state index contributed by atoms with van der Waals surface area (Å²) in [6.07, 6.45) is -0.922. The number of aliphatic hydroxyl groups is 2. The lowest BCUT2D eigenvalue weighted by Gasteiger charge is -2.34. The zero-order chi connectivity index (χ0) is 26.0. The molecule has 0 bridgehead atoms. The molecule has 0 spiro atoms. The van der Waals surface area contributed by atoms with Crippen molar-refractivity contribution >= 4 is 17.7 Å². The Morgan fingerprint density at radius 1 is 1.31 bits per heavy atom. The first kappa shape index (κ1) is 26.8. The first-order valence-electron chi connectivity index (χ1n) is 12.9. The van der Waals surface area contributed by atoms with E-state index in [1.807, 2.05) is 30.9 Å². The van der Waals surface area contributed by atoms with Crippen LogP contribution in [0, 0.1) is 18.8 Å². The van der Waals surface area contributed by atoms with Crippen molar-refractivity contribution in [2.45, 2.75) is 77.7 Å². The molecule has 2 fully saturated rings. The van der Waals surface area contributed by atoms with Gasteiger partial charge in [0.05, 0.1) is 37.9 Å². The van der Waals surface area contributed by atoms with Gasteiger partial charge < -0.3 is 35.1 Å². The number of aliphatic hydroxyl groups excluding tert-OH is 2. The average Bonchev–Trinajstić information content (AvgIpc) is 3.51. The Hall–Kier alpha value is -2.24. The maximum atomic E-state index is 13.0. The van der Waals surface area contributed by atoms with Crippen molar-refractivity contribution in [2.24, 2.45) is 11.8 Å². The summed E-state index contributed by atoms with van der Waals surface area (Å²) in [6, 6.07) is 2.59. The van der Waals surface area contributed by atoms with Crippen molar-refractivity contribution in [1.82, 2.24) is 10.2 Å². The quantitative estimate of drug-likeness (QED) is 0.380. The molecule has 0 radical (unpaired) electrons. The number of nitrogens with one attached hydrogen (secondary N) is 2. The first-order chi connectivity index (χ1) is 17.2. The minimum Gasteiger partial charge on any atom is -0.443 e. The maximum absolute atomic E-state index is 13.0. The van der Waals surface area contributed by atoms with E-state index in [1.165, 1.54) is 0 Å². The molecule has 36 heavy (non-hydrogen) atoms. The van der Waals surface area contributed by atoms with E-state index in [-0.39, 0.29) is 43.3 Å². The molecule has 4 unspecified atom stereocenters. The molecule has 4 rings (SSSR count). The second-order valence-corrected chi connectivity index (χ2v) is 10.5. The molecule has 3 aliphatic heterocycles. The largest absolute Gasteiger partial charge is 0.443 e. The number of carbonyl (C=O) groups excluding carboxylic acids is 2. The van der Waals surface area contributed by atoms with Gasteiger partial charge >= 0.3 is 6.09 Å². The SMILES string of the molecule is CCC(NC(=O)OC1CO[C@H]2OCCC12)[C@H](O)CN(CC(C)C)C1C(=O)Nc2cc(C)c(CO)cc21. The minimum atomic E-state index is -0.927. The third-order valence-electron chi connectivity index (χ3n) is 7.32. The second kappa shape index (κ2) is 11.4. The average molecular weight is 506 g/mol. The van der Waals surface area contributed by atoms with Crippen LogP contribution in [0.4, 0.5) is 10.5 Å². The van der Waals surface area contributed by atoms with Crippen LogP contribution in [0.1, 0.15) is 56.3 Å². The van der Waals surface area contributed by atoms with Crippen LogP contribution in [-0.2, 0) is 25.6 Å². The highest BCUT2D eigenvalue weighted by Gasteiger charge is 2.44. The Morgan fingerprint density at radius 3 is 2.78 bits per heavy atom. The van der Waals surface area contributed by atoms with E-state index in [9.17, 15) is 19.8 Å². The Labute approximate surface area is 212 Å². The van der Waals surface area contributed by atoms with Crippen molar-refractivity contribution in [3.05, 3.63) is 28.8 Å². The Morgan fingerprint density at radius 2 is 2.08 bits per heavy atom. The lowest BCUT2D eigenvalue weighted by atomic mass is 9.98. The van der Waals surface area contributed by atoms with Gasteiger partial charge in [0.1, 0.15) is 12.1 Å². The molecule has 0 aromatic heterocycles. The fraction of sp³-hybridized carbons (Fsp3) is 0.692. The van der Waals surface area contributed by atoms with Crippen LogP contribution >= 0.6 is 0 Å². The molecule has 3 aliphatic rings. The number of anilines is 1. The van der Waals surface area contributed by atoms with Gasteiger partial charge in [0.15, 0.2) is 6.29 Å². The molecule has 2 saturated heterocycles. The van der Waals surface area contributed by atoms with Crippen LogP contribution in [0.5, 0.6) is 0 Å². The van der Waals surface area contributed by atoms with E-state index in [0.717, 1.165) is 28.8 Å². The van der Waals surface area contributed by atoms with Gasteiger partial charge in [0, 0.05) is 24.3 Å². The van der Waals surface area contributed by atoms with Crippen molar-refractivity contribution < 1.29 is 34.0 Å². The normalized spacial score (nSPS) is 26.6. The summed E-state index contributed by atoms with van der Waals surface area (Å²) in [4.78, 5) is 27.6. The van der Waals surface area contributed by atoms with Crippen LogP contribution in [0.3, 0.4) is 0 Å². The Bertz CT molecular complexity index is 956. The molecule has 0 saturated carbocycles. The first-order valence-corrected chi connectivity index (χ1v) is 12.9. The predicted octanol–water partition coefficient (Wildman–Crippen LogP) is 2.07. The van der Waals surface area contributed by atoms with Crippen LogP contribution in [0.25, 0.3) is 0 Å². The van der Waals surface area contributed by atoms with Gasteiger partial charge in [-0.3, -0.25) is 9.69 Å². The highest BCUT2D eigenvalue weighted by molar-refractivity contribution is 6.02. The molecule has 10 heteroatoms. The number of hydrogen-bond donors (Lipinski definition) is 4. The zero-order valence-corrected chi connectivity index (χ0v) is 21.5. The van der Waals surface area contributed by atoms with Crippen LogP contribution in [0.2, 0.25) is 0 Å². The number of ether oxygens (including phenoxy) is 3. The van der Waals surface area contributed by atoms with E-state index in [0.29, 0.717) is 26.2 Å². The number of fused-ring (bicyclic) bond motifs is 2. The van der Waals surface area contributed by atoms with Gasteiger partial charge in [0.25, 0.3) is 0 Å². The van der Waals surface area contributed by atoms with Crippen LogP contribution in [0.15, 0.2) is 12.1 Å². The van der Waals surface area contributed by atoms with Gasteiger partial charge in [-0.25, -0.2) is 4.79 Å². The fourth-order valence-electron chi connectivity index (χ4n) is 5.44. The van der Waals surface area contributed by atoms with Gasteiger partial charge in [-0.05, 0) is 48.9 Å². The number of hydrogen-bond acceptors (Lipinski definition) is 8. The summed E-state index contributed by atoms with van der Waals surface area (Å²) >= 11 is 0. The van der Waals surface area contributed by atoms with E-state index >= 15 is 0 Å². The van der Waals surface area contributed by atoms with Crippen LogP contribution in [-0.4, -0.2) is 78.0 Å². The minimum absolute atomic E-state index is 0.0377. The summed E-state index contributed by atoms with van der Waals surface area (Å²) in [7, 11) is 0. The van der Waals surface area contributed by atoms with Gasteiger partial charge in [-0.1, -0.05) is 20.8 Å². The predicted molar refractivity (Wildman–Crippen MR) is 132 cm³/mol. The number of benzene rings is 1. The molecule has 6 atom stereocenters. The van der Waals surface area contributed by atoms with E-state index in [2.05, 4.69) is 24.5 Å². The molecule has 3 heterocycles. The summed E-state index contributed by atoms with van der Waals surface area (Å²) in [5, 5.41) is 26.7. The molecule has 10 nitrogen and oxygen atoms in total. The third-order valence-corrected chi connectivity index (χ3v) is 7.32. The number of amides is 2. The highest BCUT2D eigenvalue weighted by Crippen LogP contribution is 2.38. The molecule has 200 valence electrons. The molecule has 2 amide bonds. The highest BCUT2D eigenvalue weighted by atomic mass is 16.7. The van der Waals surface area contributed by atoms with E-state index < -0.39 is 24.3 Å². The van der Waals surface area contributed by atoms with Gasteiger partial charge in [-0.15, -0.1) is 0 Å². The van der Waals surface area contributed by atoms with Crippen molar-refractivity contribution in [3.63, 3.8) is 0 Å². The molecule has 4 N–H and O–H groups in total. The number of alkyl carbamates (subject to hydrolysis) is 1. The Kier molecular flexibility index (Phi) is 8.52. The zero-order valence-electron chi connectivity index (χ0n) is 21.5. The molecule has 1 aromatic carbocycles. The summed E-state index contributed by atoms with van der Waals surface area (Å²) < 4.78 is 16.6. The Balaban J connectivity index is 1.44. The lowest BCUT2D eigenvalue weighted by molar-refractivity contribution is -0.121. The lowest BCUT2D eigenvalue weighted by Crippen LogP contribution is -2.50.